The standard InChI is InChI=1S/C19H17NO2/c1-21-15-11-9-14(10-12-15)16-6-3-4-7-17(16)19-18(22-2)8-5-13-20-19/h3-13H,1-2H3. The highest BCUT2D eigenvalue weighted by molar-refractivity contribution is 5.84. The molecule has 0 radical (unpaired) electrons. The SMILES string of the molecule is COc1ccc(-c2ccccc2-c2ncccc2OC)cc1. The van der Waals surface area contributed by atoms with Crippen LogP contribution in [0.4, 0.5) is 0 Å². The number of methoxy groups -OCH3 is 2. The Bertz CT molecular complexity index is 766. The zero-order chi connectivity index (χ0) is 15.4. The molecule has 1 heterocycles. The molecule has 0 saturated carbocycles. The number of pyridine rings is 1. The van der Waals surface area contributed by atoms with Gasteiger partial charge in [0.15, 0.2) is 0 Å². The van der Waals surface area contributed by atoms with Crippen molar-refractivity contribution < 1.29 is 9.47 Å². The van der Waals surface area contributed by atoms with E-state index < -0.39 is 0 Å². The second-order valence-corrected chi connectivity index (χ2v) is 4.83. The number of aromatic nitrogens is 1. The second-order valence-electron chi connectivity index (χ2n) is 4.83. The van der Waals surface area contributed by atoms with Crippen molar-refractivity contribution >= 4 is 0 Å². The maximum Gasteiger partial charge on any atom is 0.145 e. The molecule has 0 aliphatic rings. The molecular formula is C19H17NO2. The van der Waals surface area contributed by atoms with Crippen LogP contribution in [0, 0.1) is 0 Å². The van der Waals surface area contributed by atoms with E-state index in [1.807, 2.05) is 48.5 Å². The first-order valence-corrected chi connectivity index (χ1v) is 7.06. The first-order valence-electron chi connectivity index (χ1n) is 7.06. The Labute approximate surface area is 130 Å². The molecule has 0 fully saturated rings. The molecule has 110 valence electrons. The molecule has 0 atom stereocenters. The summed E-state index contributed by atoms with van der Waals surface area (Å²) in [6.07, 6.45) is 1.78. The van der Waals surface area contributed by atoms with Gasteiger partial charge in [0, 0.05) is 11.8 Å². The van der Waals surface area contributed by atoms with Crippen LogP contribution in [-0.4, -0.2) is 19.2 Å². The van der Waals surface area contributed by atoms with E-state index in [9.17, 15) is 0 Å². The smallest absolute Gasteiger partial charge is 0.145 e. The molecule has 3 heteroatoms. The van der Waals surface area contributed by atoms with Gasteiger partial charge in [-0.3, -0.25) is 4.98 Å². The largest absolute Gasteiger partial charge is 0.497 e. The van der Waals surface area contributed by atoms with Gasteiger partial charge in [-0.1, -0.05) is 36.4 Å². The molecule has 3 aromatic rings. The zero-order valence-corrected chi connectivity index (χ0v) is 12.6. The molecule has 0 spiro atoms. The van der Waals surface area contributed by atoms with E-state index in [0.717, 1.165) is 33.9 Å². The van der Waals surface area contributed by atoms with Crippen molar-refractivity contribution in [1.29, 1.82) is 0 Å². The Balaban J connectivity index is 2.13. The maximum atomic E-state index is 5.44. The lowest BCUT2D eigenvalue weighted by Gasteiger charge is -2.12. The van der Waals surface area contributed by atoms with Crippen LogP contribution in [0.5, 0.6) is 11.5 Å². The lowest BCUT2D eigenvalue weighted by Crippen LogP contribution is -1.93. The topological polar surface area (TPSA) is 31.4 Å². The summed E-state index contributed by atoms with van der Waals surface area (Å²) in [5.74, 6) is 1.61. The fourth-order valence-corrected chi connectivity index (χ4v) is 2.47. The van der Waals surface area contributed by atoms with Crippen LogP contribution in [0.1, 0.15) is 0 Å². The minimum atomic E-state index is 0.767. The molecule has 0 bridgehead atoms. The molecule has 0 aliphatic carbocycles. The summed E-state index contributed by atoms with van der Waals surface area (Å²) < 4.78 is 10.7. The maximum absolute atomic E-state index is 5.44. The molecule has 0 amide bonds. The van der Waals surface area contributed by atoms with Gasteiger partial charge in [0.2, 0.25) is 0 Å². The summed E-state index contributed by atoms with van der Waals surface area (Å²) in [6, 6.07) is 20.0. The Hall–Kier alpha value is -2.81. The molecule has 3 nitrogen and oxygen atoms in total. The van der Waals surface area contributed by atoms with Crippen molar-refractivity contribution in [2.24, 2.45) is 0 Å². The van der Waals surface area contributed by atoms with E-state index in [-0.39, 0.29) is 0 Å². The van der Waals surface area contributed by atoms with Gasteiger partial charge in [-0.25, -0.2) is 0 Å². The van der Waals surface area contributed by atoms with E-state index in [2.05, 4.69) is 17.1 Å². The third kappa shape index (κ3) is 2.66. The highest BCUT2D eigenvalue weighted by Gasteiger charge is 2.12. The minimum absolute atomic E-state index is 0.767. The molecule has 0 aliphatic heterocycles. The molecule has 3 rings (SSSR count). The van der Waals surface area contributed by atoms with Gasteiger partial charge < -0.3 is 9.47 Å². The fourth-order valence-electron chi connectivity index (χ4n) is 2.47. The molecule has 0 N–H and O–H groups in total. The quantitative estimate of drug-likeness (QED) is 0.712. The average Bonchev–Trinajstić information content (AvgIpc) is 2.62. The fraction of sp³-hybridized carbons (Fsp3) is 0.105. The molecule has 0 unspecified atom stereocenters. The lowest BCUT2D eigenvalue weighted by atomic mass is 9.97. The summed E-state index contributed by atoms with van der Waals surface area (Å²) in [6.45, 7) is 0. The third-order valence-electron chi connectivity index (χ3n) is 3.57. The average molecular weight is 291 g/mol. The van der Waals surface area contributed by atoms with Gasteiger partial charge >= 0.3 is 0 Å². The first kappa shape index (κ1) is 14.1. The number of rotatable bonds is 4. The van der Waals surface area contributed by atoms with Crippen molar-refractivity contribution in [3.05, 3.63) is 66.9 Å². The van der Waals surface area contributed by atoms with Crippen molar-refractivity contribution in [2.45, 2.75) is 0 Å². The summed E-state index contributed by atoms with van der Waals surface area (Å²) in [5, 5.41) is 0. The van der Waals surface area contributed by atoms with Crippen LogP contribution in [0.15, 0.2) is 66.9 Å². The van der Waals surface area contributed by atoms with Crippen molar-refractivity contribution in [3.8, 4) is 33.9 Å². The third-order valence-corrected chi connectivity index (χ3v) is 3.57. The van der Waals surface area contributed by atoms with Crippen LogP contribution >= 0.6 is 0 Å². The van der Waals surface area contributed by atoms with Crippen LogP contribution in [0.2, 0.25) is 0 Å². The van der Waals surface area contributed by atoms with E-state index >= 15 is 0 Å². The van der Waals surface area contributed by atoms with Crippen LogP contribution in [-0.2, 0) is 0 Å². The second kappa shape index (κ2) is 6.31. The van der Waals surface area contributed by atoms with Gasteiger partial charge in [0.25, 0.3) is 0 Å². The van der Waals surface area contributed by atoms with Gasteiger partial charge in [-0.15, -0.1) is 0 Å². The Morgan fingerprint density at radius 2 is 1.45 bits per heavy atom. The monoisotopic (exact) mass is 291 g/mol. The summed E-state index contributed by atoms with van der Waals surface area (Å²) in [5.41, 5.74) is 4.12. The van der Waals surface area contributed by atoms with Gasteiger partial charge in [-0.05, 0) is 35.4 Å². The van der Waals surface area contributed by atoms with Crippen LogP contribution < -0.4 is 9.47 Å². The predicted octanol–water partition coefficient (Wildman–Crippen LogP) is 4.43. The van der Waals surface area contributed by atoms with Gasteiger partial charge in [0.05, 0.1) is 14.2 Å². The summed E-state index contributed by atoms with van der Waals surface area (Å²) in [7, 11) is 3.33. The first-order chi connectivity index (χ1) is 10.8. The van der Waals surface area contributed by atoms with E-state index in [1.165, 1.54) is 0 Å². The Morgan fingerprint density at radius 1 is 0.727 bits per heavy atom. The predicted molar refractivity (Wildman–Crippen MR) is 88.2 cm³/mol. The number of benzene rings is 2. The van der Waals surface area contributed by atoms with Gasteiger partial charge in [-0.2, -0.15) is 0 Å². The summed E-state index contributed by atoms with van der Waals surface area (Å²) in [4.78, 5) is 4.49. The van der Waals surface area contributed by atoms with Crippen molar-refractivity contribution in [1.82, 2.24) is 4.98 Å². The molecule has 2 aromatic carbocycles. The van der Waals surface area contributed by atoms with E-state index in [4.69, 9.17) is 9.47 Å². The number of nitrogens with zero attached hydrogens (tertiary/aromatic N) is 1. The highest BCUT2D eigenvalue weighted by Crippen LogP contribution is 2.35. The lowest BCUT2D eigenvalue weighted by molar-refractivity contribution is 0.414. The minimum Gasteiger partial charge on any atom is -0.497 e. The number of hydrogen-bond acceptors (Lipinski definition) is 3. The normalized spacial score (nSPS) is 10.3. The zero-order valence-electron chi connectivity index (χ0n) is 12.6. The Kier molecular flexibility index (Phi) is 4.05. The Morgan fingerprint density at radius 3 is 2.14 bits per heavy atom. The molecular weight excluding hydrogens is 274 g/mol. The van der Waals surface area contributed by atoms with E-state index in [1.54, 1.807) is 20.4 Å². The van der Waals surface area contributed by atoms with Gasteiger partial charge in [0.1, 0.15) is 17.2 Å². The van der Waals surface area contributed by atoms with Crippen LogP contribution in [0.3, 0.4) is 0 Å². The van der Waals surface area contributed by atoms with Crippen molar-refractivity contribution in [2.75, 3.05) is 14.2 Å². The molecule has 0 saturated heterocycles. The number of hydrogen-bond donors (Lipinski definition) is 0. The summed E-state index contributed by atoms with van der Waals surface area (Å²) >= 11 is 0. The van der Waals surface area contributed by atoms with E-state index in [0.29, 0.717) is 0 Å². The highest BCUT2D eigenvalue weighted by atomic mass is 16.5. The molecule has 22 heavy (non-hydrogen) atoms. The van der Waals surface area contributed by atoms with Crippen molar-refractivity contribution in [3.63, 3.8) is 0 Å². The molecule has 1 aromatic heterocycles. The van der Waals surface area contributed by atoms with Crippen LogP contribution in [0.25, 0.3) is 22.4 Å². The number of ether oxygens (including phenoxy) is 2.